The molecule has 82 valence electrons. The van der Waals surface area contributed by atoms with Crippen molar-refractivity contribution in [1.82, 2.24) is 5.32 Å². The van der Waals surface area contributed by atoms with Gasteiger partial charge in [0.25, 0.3) is 0 Å². The van der Waals surface area contributed by atoms with E-state index in [9.17, 15) is 0 Å². The summed E-state index contributed by atoms with van der Waals surface area (Å²) >= 11 is 4.24. The van der Waals surface area contributed by atoms with Crippen molar-refractivity contribution in [2.45, 2.75) is 13.3 Å². The van der Waals surface area contributed by atoms with Crippen LogP contribution in [-0.4, -0.2) is 13.1 Å². The molecule has 1 N–H and O–H groups in total. The van der Waals surface area contributed by atoms with Gasteiger partial charge in [0, 0.05) is 43.8 Å². The summed E-state index contributed by atoms with van der Waals surface area (Å²) in [6, 6.07) is 8.74. The van der Waals surface area contributed by atoms with Gasteiger partial charge in [0.15, 0.2) is 0 Å². The number of halogens is 2. The lowest BCUT2D eigenvalue weighted by Crippen LogP contribution is -2.19. The monoisotopic (exact) mass is 427 g/mol. The van der Waals surface area contributed by atoms with Gasteiger partial charge in [0.05, 0.1) is 0 Å². The molecule has 0 unspecified atom stereocenters. The molecule has 0 atom stereocenters. The summed E-state index contributed by atoms with van der Waals surface area (Å²) in [5.74, 6) is 0. The molecule has 1 nitrogen and oxygen atoms in total. The highest BCUT2D eigenvalue weighted by Gasteiger charge is 2.04. The minimum absolute atomic E-state index is 1.02. The van der Waals surface area contributed by atoms with E-state index in [0.29, 0.717) is 0 Å². The molecule has 1 aliphatic heterocycles. The molecule has 0 aromatic heterocycles. The number of benzene rings is 1. The second-order valence-corrected chi connectivity index (χ2v) is 3.55. The van der Waals surface area contributed by atoms with E-state index in [0.717, 1.165) is 19.5 Å². The molecule has 0 fully saturated rings. The Morgan fingerprint density at radius 2 is 2.07 bits per heavy atom. The minimum Gasteiger partial charge on any atom is -0.313 e. The van der Waals surface area contributed by atoms with Gasteiger partial charge in [0.2, 0.25) is 0 Å². The van der Waals surface area contributed by atoms with Crippen LogP contribution in [0, 0.1) is 6.92 Å². The van der Waals surface area contributed by atoms with Crippen LogP contribution in [0.3, 0.4) is 0 Å². The largest absolute Gasteiger partial charge is 0.313 e. The first kappa shape index (κ1) is 13.4. The average Bonchev–Trinajstić information content (AvgIpc) is 2.33. The highest BCUT2D eigenvalue weighted by molar-refractivity contribution is 15.0. The first-order valence-corrected chi connectivity index (χ1v) is 11.3. The van der Waals surface area contributed by atoms with Gasteiger partial charge < -0.3 is 5.32 Å². The molecule has 1 aromatic rings. The molecule has 2 rings (SSSR count). The number of rotatable bonds is 1. The second kappa shape index (κ2) is 7.62. The average molecular weight is 427 g/mol. The summed E-state index contributed by atoms with van der Waals surface area (Å²) in [7, 11) is 0. The summed E-state index contributed by atoms with van der Waals surface area (Å²) in [6.07, 6.45) is 3.45. The maximum absolute atomic E-state index is 3.32. The summed E-state index contributed by atoms with van der Waals surface area (Å²) in [5, 5.41) is 3.32. The maximum atomic E-state index is 3.32. The van der Waals surface area contributed by atoms with Crippen LogP contribution in [0.4, 0.5) is 0 Å². The summed E-state index contributed by atoms with van der Waals surface area (Å²) in [6.45, 7) is 4.27. The molecule has 1 aromatic carbocycles. The number of hydrogen-bond acceptors (Lipinski definition) is 1. The third-order valence-corrected chi connectivity index (χ3v) is 2.45. The van der Waals surface area contributed by atoms with Gasteiger partial charge in [-0.05, 0) is 31.0 Å². The Kier molecular flexibility index (Phi) is 6.83. The topological polar surface area (TPSA) is 12.0 Å². The number of nitrogens with one attached hydrogen (secondary N) is 1. The normalized spacial score (nSPS) is 15.0. The molecule has 15 heavy (non-hydrogen) atoms. The van der Waals surface area contributed by atoms with Crippen molar-refractivity contribution in [2.24, 2.45) is 0 Å². The molecular weight excluding hydrogens is 412 g/mol. The number of aryl methyl sites for hydroxylation is 1. The lowest BCUT2D eigenvalue weighted by Gasteiger charge is -2.14. The second-order valence-electron chi connectivity index (χ2n) is 3.55. The highest BCUT2D eigenvalue weighted by atomic mass is 128. The van der Waals surface area contributed by atoms with Gasteiger partial charge in [-0.25, -0.2) is 0 Å². The van der Waals surface area contributed by atoms with Gasteiger partial charge in [-0.3, -0.25) is 0 Å². The van der Waals surface area contributed by atoms with Gasteiger partial charge in [0.1, 0.15) is 0 Å². The molecule has 3 heteroatoms. The number of hydrogen-bond donors (Lipinski definition) is 1. The van der Waals surface area contributed by atoms with Gasteiger partial charge in [-0.1, -0.05) is 35.9 Å². The Morgan fingerprint density at radius 3 is 2.67 bits per heavy atom. The molecule has 1 heterocycles. The molecule has 1 aliphatic rings. The van der Waals surface area contributed by atoms with Crippen molar-refractivity contribution in [3.63, 3.8) is 0 Å². The Hall–Kier alpha value is 0.380. The summed E-state index contributed by atoms with van der Waals surface area (Å²) in [4.78, 5) is 0. The van der Waals surface area contributed by atoms with Crippen LogP contribution in [0.1, 0.15) is 17.5 Å². The van der Waals surface area contributed by atoms with E-state index in [1.165, 1.54) is 16.7 Å². The summed E-state index contributed by atoms with van der Waals surface area (Å²) < 4.78 is 0. The van der Waals surface area contributed by atoms with E-state index in [4.69, 9.17) is 0 Å². The Balaban J connectivity index is 0.000000531. The third kappa shape index (κ3) is 4.40. The van der Waals surface area contributed by atoms with Gasteiger partial charge in [-0.2, -0.15) is 0 Å². The van der Waals surface area contributed by atoms with E-state index in [1.54, 1.807) is 0 Å². The van der Waals surface area contributed by atoms with Crippen molar-refractivity contribution in [3.8, 4) is 0 Å². The quantitative estimate of drug-likeness (QED) is 0.665. The van der Waals surface area contributed by atoms with Crippen molar-refractivity contribution in [1.29, 1.82) is 0 Å². The zero-order valence-electron chi connectivity index (χ0n) is 8.76. The Labute approximate surface area is 115 Å². The van der Waals surface area contributed by atoms with E-state index in [-0.39, 0.29) is 0 Å². The fraction of sp³-hybridized carbons (Fsp3) is 0.333. The van der Waals surface area contributed by atoms with Crippen LogP contribution < -0.4 is 5.32 Å². The van der Waals surface area contributed by atoms with Gasteiger partial charge in [-0.15, -0.1) is 0 Å². The molecule has 0 spiro atoms. The zero-order chi connectivity index (χ0) is 11.1. The third-order valence-electron chi connectivity index (χ3n) is 2.45. The van der Waals surface area contributed by atoms with Gasteiger partial charge >= 0.3 is 0 Å². The van der Waals surface area contributed by atoms with Crippen LogP contribution in [-0.2, 0) is 0 Å². The van der Waals surface area contributed by atoms with Crippen molar-refractivity contribution < 1.29 is 0 Å². The fourth-order valence-corrected chi connectivity index (χ4v) is 1.73. The molecule has 0 amide bonds. The fourth-order valence-electron chi connectivity index (χ4n) is 1.73. The summed E-state index contributed by atoms with van der Waals surface area (Å²) in [5.41, 5.74) is 4.22. The molecule has 0 bridgehead atoms. The van der Waals surface area contributed by atoms with Crippen molar-refractivity contribution in [3.05, 3.63) is 41.5 Å². The van der Waals surface area contributed by atoms with Crippen molar-refractivity contribution in [2.75, 3.05) is 13.1 Å². The molecule has 0 aliphatic carbocycles. The SMILES string of the molecule is Cc1cccc(C2=CCNCC2)c1.II. The van der Waals surface area contributed by atoms with E-state index >= 15 is 0 Å². The Morgan fingerprint density at radius 1 is 1.27 bits per heavy atom. The molecule has 0 saturated heterocycles. The minimum atomic E-state index is 1.02. The first-order valence-electron chi connectivity index (χ1n) is 4.97. The standard InChI is InChI=1S/C12H15N.I2/c1-10-3-2-4-12(9-10)11-5-7-13-8-6-11;1-2/h2-5,9,13H,6-8H2,1H3;. The molecular formula is C12H15I2N. The lowest BCUT2D eigenvalue weighted by atomic mass is 9.99. The maximum Gasteiger partial charge on any atom is 0.0140 e. The first-order chi connectivity index (χ1) is 7.36. The zero-order valence-corrected chi connectivity index (χ0v) is 13.1. The predicted molar refractivity (Wildman–Crippen MR) is 84.7 cm³/mol. The Bertz CT molecular complexity index is 334. The van der Waals surface area contributed by atoms with Crippen LogP contribution >= 0.6 is 37.2 Å². The predicted octanol–water partition coefficient (Wildman–Crippen LogP) is 4.14. The molecule has 0 saturated carbocycles. The molecule has 0 radical (unpaired) electrons. The smallest absolute Gasteiger partial charge is 0.0140 e. The van der Waals surface area contributed by atoms with E-state index in [2.05, 4.69) is 79.8 Å². The van der Waals surface area contributed by atoms with Crippen LogP contribution in [0.25, 0.3) is 5.57 Å². The van der Waals surface area contributed by atoms with Crippen LogP contribution in [0.5, 0.6) is 0 Å². The van der Waals surface area contributed by atoms with E-state index < -0.39 is 0 Å². The van der Waals surface area contributed by atoms with Crippen LogP contribution in [0.2, 0.25) is 0 Å². The van der Waals surface area contributed by atoms with Crippen LogP contribution in [0.15, 0.2) is 30.3 Å². The lowest BCUT2D eigenvalue weighted by molar-refractivity contribution is 0.738. The van der Waals surface area contributed by atoms with E-state index in [1.807, 2.05) is 0 Å². The highest BCUT2D eigenvalue weighted by Crippen LogP contribution is 2.20. The van der Waals surface area contributed by atoms with Crippen molar-refractivity contribution >= 4 is 42.8 Å².